The molecule has 60 valence electrons. The van der Waals surface area contributed by atoms with Crippen LogP contribution in [-0.2, 0) is 0 Å². The third kappa shape index (κ3) is 3.57. The van der Waals surface area contributed by atoms with Gasteiger partial charge in [-0.1, -0.05) is 11.6 Å². The van der Waals surface area contributed by atoms with Crippen molar-refractivity contribution in [2.24, 2.45) is 0 Å². The molecular formula is C6H6BF3KN. The monoisotopic (exact) mass is 199 g/mol. The smallest absolute Gasteiger partial charge is 0.444 e. The van der Waals surface area contributed by atoms with Crippen LogP contribution in [0, 0.1) is 6.92 Å². The molecule has 1 aromatic heterocycles. The van der Waals surface area contributed by atoms with Crippen LogP contribution in [0.2, 0.25) is 0 Å². The summed E-state index contributed by atoms with van der Waals surface area (Å²) in [5.74, 6) is 0. The van der Waals surface area contributed by atoms with Crippen LogP contribution < -0.4 is 57.0 Å². The minimum atomic E-state index is -4.93. The molecule has 0 atom stereocenters. The van der Waals surface area contributed by atoms with Gasteiger partial charge in [-0.25, -0.2) is 0 Å². The zero-order valence-electron chi connectivity index (χ0n) is 6.89. The van der Waals surface area contributed by atoms with Crippen LogP contribution in [0.15, 0.2) is 18.3 Å². The summed E-state index contributed by atoms with van der Waals surface area (Å²) >= 11 is 0. The van der Waals surface area contributed by atoms with Gasteiger partial charge >= 0.3 is 58.4 Å². The summed E-state index contributed by atoms with van der Waals surface area (Å²) in [6.07, 6.45) is 1.17. The molecule has 0 saturated carbocycles. The first-order valence-electron chi connectivity index (χ1n) is 3.12. The largest absolute Gasteiger partial charge is 1.00 e. The number of halogens is 3. The maximum Gasteiger partial charge on any atom is 1.00 e. The van der Waals surface area contributed by atoms with Gasteiger partial charge in [0.2, 0.25) is 0 Å². The first-order chi connectivity index (χ1) is 5.00. The molecule has 0 radical (unpaired) electrons. The van der Waals surface area contributed by atoms with Gasteiger partial charge in [-0.2, -0.15) is 0 Å². The average Bonchev–Trinajstić information content (AvgIpc) is 1.86. The van der Waals surface area contributed by atoms with E-state index in [4.69, 9.17) is 0 Å². The zero-order chi connectivity index (χ0) is 8.48. The van der Waals surface area contributed by atoms with E-state index in [0.717, 1.165) is 6.07 Å². The second-order valence-corrected chi connectivity index (χ2v) is 2.33. The number of aromatic nitrogens is 1. The second-order valence-electron chi connectivity index (χ2n) is 2.33. The topological polar surface area (TPSA) is 12.9 Å². The molecule has 0 aromatic carbocycles. The van der Waals surface area contributed by atoms with Crippen LogP contribution in [0.5, 0.6) is 0 Å². The van der Waals surface area contributed by atoms with Crippen molar-refractivity contribution < 1.29 is 64.3 Å². The van der Waals surface area contributed by atoms with E-state index in [1.807, 2.05) is 0 Å². The SMILES string of the molecule is Cc1ccnc([B-](F)(F)F)c1.[K+]. The first-order valence-corrected chi connectivity index (χ1v) is 3.12. The molecule has 6 heteroatoms. The Morgan fingerprint density at radius 2 is 1.92 bits per heavy atom. The third-order valence-electron chi connectivity index (χ3n) is 1.27. The normalized spacial score (nSPS) is 10.7. The fourth-order valence-electron chi connectivity index (χ4n) is 0.739. The Morgan fingerprint density at radius 3 is 2.25 bits per heavy atom. The molecule has 0 spiro atoms. The van der Waals surface area contributed by atoms with E-state index in [0.29, 0.717) is 5.56 Å². The fraction of sp³-hybridized carbons (Fsp3) is 0.167. The third-order valence-corrected chi connectivity index (χ3v) is 1.27. The quantitative estimate of drug-likeness (QED) is 0.499. The van der Waals surface area contributed by atoms with Crippen LogP contribution in [-0.4, -0.2) is 12.0 Å². The number of rotatable bonds is 1. The van der Waals surface area contributed by atoms with E-state index in [-0.39, 0.29) is 51.4 Å². The molecule has 1 aromatic rings. The molecule has 0 aliphatic rings. The summed E-state index contributed by atoms with van der Waals surface area (Å²) in [4.78, 5) is 3.21. The molecule has 12 heavy (non-hydrogen) atoms. The molecular weight excluding hydrogens is 193 g/mol. The van der Waals surface area contributed by atoms with Crippen LogP contribution >= 0.6 is 0 Å². The summed E-state index contributed by atoms with van der Waals surface area (Å²) < 4.78 is 35.9. The molecule has 0 N–H and O–H groups in total. The number of aryl methyl sites for hydroxylation is 1. The van der Waals surface area contributed by atoms with Crippen molar-refractivity contribution in [1.82, 2.24) is 4.98 Å². The Kier molecular flexibility index (Phi) is 5.01. The Hall–Kier alpha value is 0.641. The molecule has 0 saturated heterocycles. The molecule has 1 rings (SSSR count). The maximum absolute atomic E-state index is 12.0. The van der Waals surface area contributed by atoms with Crippen molar-refractivity contribution in [1.29, 1.82) is 0 Å². The molecule has 0 amide bonds. The fourth-order valence-corrected chi connectivity index (χ4v) is 0.739. The van der Waals surface area contributed by atoms with Gasteiger partial charge in [0, 0.05) is 6.20 Å². The number of hydrogen-bond donors (Lipinski definition) is 0. The van der Waals surface area contributed by atoms with Gasteiger partial charge in [0.15, 0.2) is 0 Å². The summed E-state index contributed by atoms with van der Waals surface area (Å²) in [5, 5.41) is 0. The van der Waals surface area contributed by atoms with E-state index in [1.165, 1.54) is 12.3 Å². The zero-order valence-corrected chi connectivity index (χ0v) is 10.0. The maximum atomic E-state index is 12.0. The minimum absolute atomic E-state index is 0. The Morgan fingerprint density at radius 1 is 1.33 bits per heavy atom. The van der Waals surface area contributed by atoms with E-state index in [2.05, 4.69) is 4.98 Å². The van der Waals surface area contributed by atoms with Crippen molar-refractivity contribution in [2.45, 2.75) is 6.92 Å². The van der Waals surface area contributed by atoms with Gasteiger partial charge in [0.1, 0.15) is 0 Å². The van der Waals surface area contributed by atoms with Crippen LogP contribution in [0.4, 0.5) is 12.9 Å². The van der Waals surface area contributed by atoms with Crippen molar-refractivity contribution in [3.05, 3.63) is 23.9 Å². The van der Waals surface area contributed by atoms with E-state index < -0.39 is 12.6 Å². The molecule has 0 aliphatic heterocycles. The molecule has 1 nitrogen and oxygen atoms in total. The van der Waals surface area contributed by atoms with Crippen molar-refractivity contribution in [3.63, 3.8) is 0 Å². The predicted molar refractivity (Wildman–Crippen MR) is 37.7 cm³/mol. The minimum Gasteiger partial charge on any atom is -0.444 e. The number of pyridine rings is 1. The Balaban J connectivity index is 0.00000121. The van der Waals surface area contributed by atoms with Crippen molar-refractivity contribution in [3.8, 4) is 0 Å². The summed E-state index contributed by atoms with van der Waals surface area (Å²) in [5.41, 5.74) is -0.195. The van der Waals surface area contributed by atoms with Gasteiger partial charge in [0.25, 0.3) is 0 Å². The standard InChI is InChI=1S/C6H6BF3N.K/c1-5-2-3-11-6(4-5)7(8,9)10;/h2-4H,1H3;/q-1;+1. The van der Waals surface area contributed by atoms with Crippen molar-refractivity contribution >= 4 is 12.6 Å². The van der Waals surface area contributed by atoms with E-state index in [9.17, 15) is 12.9 Å². The van der Waals surface area contributed by atoms with Crippen LogP contribution in [0.1, 0.15) is 5.56 Å². The molecule has 1 heterocycles. The summed E-state index contributed by atoms with van der Waals surface area (Å²) in [6, 6.07) is 2.57. The van der Waals surface area contributed by atoms with Gasteiger partial charge in [-0.15, -0.1) is 0 Å². The summed E-state index contributed by atoms with van der Waals surface area (Å²) in [6.45, 7) is -3.33. The first kappa shape index (κ1) is 12.6. The van der Waals surface area contributed by atoms with Gasteiger partial charge < -0.3 is 12.9 Å². The molecule has 0 aliphatic carbocycles. The van der Waals surface area contributed by atoms with Crippen LogP contribution in [0.25, 0.3) is 0 Å². The molecule has 0 fully saturated rings. The Labute approximate surface area is 111 Å². The van der Waals surface area contributed by atoms with Crippen LogP contribution in [0.3, 0.4) is 0 Å². The molecule has 0 bridgehead atoms. The van der Waals surface area contributed by atoms with E-state index in [1.54, 1.807) is 6.92 Å². The number of hydrogen-bond acceptors (Lipinski definition) is 1. The molecule has 0 unspecified atom stereocenters. The second kappa shape index (κ2) is 4.76. The predicted octanol–water partition coefficient (Wildman–Crippen LogP) is -1.55. The average molecular weight is 199 g/mol. The van der Waals surface area contributed by atoms with Gasteiger partial charge in [-0.3, -0.25) is 4.98 Å². The number of nitrogens with zero attached hydrogens (tertiary/aromatic N) is 1. The van der Waals surface area contributed by atoms with Gasteiger partial charge in [0.05, 0.1) is 0 Å². The van der Waals surface area contributed by atoms with Crippen molar-refractivity contribution in [2.75, 3.05) is 0 Å². The van der Waals surface area contributed by atoms with E-state index >= 15 is 0 Å². The van der Waals surface area contributed by atoms with Gasteiger partial charge in [-0.05, 0) is 18.6 Å². The Bertz CT molecular complexity index is 263. The summed E-state index contributed by atoms with van der Waals surface area (Å²) in [7, 11) is 0.